The average Bonchev–Trinajstić information content (AvgIpc) is 2.59. The fourth-order valence-electron chi connectivity index (χ4n) is 2.66. The molecule has 0 atom stereocenters. The molecule has 0 unspecified atom stereocenters. The van der Waals surface area contributed by atoms with Gasteiger partial charge in [0.05, 0.1) is 0 Å². The van der Waals surface area contributed by atoms with Crippen LogP contribution in [0.4, 0.5) is 0 Å². The first-order valence-corrected chi connectivity index (χ1v) is 8.05. The molecule has 1 amide bonds. The fourth-order valence-corrected chi connectivity index (χ4v) is 2.66. The second-order valence-corrected chi connectivity index (χ2v) is 6.05. The summed E-state index contributed by atoms with van der Waals surface area (Å²) in [5.74, 6) is 0.476. The van der Waals surface area contributed by atoms with Crippen LogP contribution in [0.1, 0.15) is 30.9 Å². The van der Waals surface area contributed by atoms with Crippen molar-refractivity contribution in [2.45, 2.75) is 32.9 Å². The normalized spacial score (nSPS) is 16.0. The molecule has 5 nitrogen and oxygen atoms in total. The topological polar surface area (TPSA) is 82.2 Å². The number of hydrogen-bond donors (Lipinski definition) is 2. The zero-order valence-corrected chi connectivity index (χ0v) is 13.6. The second-order valence-electron chi connectivity index (χ2n) is 6.05. The number of nitriles is 1. The van der Waals surface area contributed by atoms with Crippen LogP contribution in [0.15, 0.2) is 36.0 Å². The maximum Gasteiger partial charge on any atom is 0.265 e. The third-order valence-corrected chi connectivity index (χ3v) is 4.20. The van der Waals surface area contributed by atoms with Crippen LogP contribution in [0.2, 0.25) is 0 Å². The summed E-state index contributed by atoms with van der Waals surface area (Å²) < 4.78 is 0. The molecule has 0 aromatic heterocycles. The highest BCUT2D eigenvalue weighted by molar-refractivity contribution is 5.97. The van der Waals surface area contributed by atoms with Gasteiger partial charge in [-0.05, 0) is 29.9 Å². The van der Waals surface area contributed by atoms with Gasteiger partial charge in [0.15, 0.2) is 0 Å². The standard InChI is InChI=1S/C18H24N4O/c1-14-5-7-22(8-6-14)18(23)17(11-20)13-21-12-16-4-2-3-15(9-16)10-19/h2-4,9,13-14,21H,5-8,10,12,19H2,1H3/b17-13-. The Balaban J connectivity index is 1.93. The maximum absolute atomic E-state index is 12.4. The van der Waals surface area contributed by atoms with Gasteiger partial charge in [0, 0.05) is 32.4 Å². The molecule has 0 spiro atoms. The lowest BCUT2D eigenvalue weighted by atomic mass is 9.99. The number of likely N-dealkylation sites (tertiary alicyclic amines) is 1. The lowest BCUT2D eigenvalue weighted by Crippen LogP contribution is -2.38. The molecule has 3 N–H and O–H groups in total. The predicted octanol–water partition coefficient (Wildman–Crippen LogP) is 1.90. The van der Waals surface area contributed by atoms with Crippen molar-refractivity contribution in [3.8, 4) is 6.07 Å². The molecule has 1 heterocycles. The van der Waals surface area contributed by atoms with Gasteiger partial charge in [-0.3, -0.25) is 4.79 Å². The van der Waals surface area contributed by atoms with Crippen LogP contribution in [0, 0.1) is 17.2 Å². The molecule has 122 valence electrons. The molecule has 0 radical (unpaired) electrons. The molecule has 1 aromatic rings. The highest BCUT2D eigenvalue weighted by atomic mass is 16.2. The number of nitrogens with zero attached hydrogens (tertiary/aromatic N) is 2. The van der Waals surface area contributed by atoms with E-state index in [1.807, 2.05) is 30.3 Å². The number of hydrogen-bond acceptors (Lipinski definition) is 4. The minimum absolute atomic E-state index is 0.162. The zero-order valence-electron chi connectivity index (χ0n) is 13.6. The van der Waals surface area contributed by atoms with Crippen molar-refractivity contribution < 1.29 is 4.79 Å². The van der Waals surface area contributed by atoms with Gasteiger partial charge in [-0.25, -0.2) is 0 Å². The smallest absolute Gasteiger partial charge is 0.265 e. The van der Waals surface area contributed by atoms with Crippen molar-refractivity contribution in [3.63, 3.8) is 0 Å². The zero-order chi connectivity index (χ0) is 16.7. The number of benzene rings is 1. The largest absolute Gasteiger partial charge is 0.386 e. The van der Waals surface area contributed by atoms with Gasteiger partial charge in [0.2, 0.25) is 0 Å². The van der Waals surface area contributed by atoms with Gasteiger partial charge >= 0.3 is 0 Å². The van der Waals surface area contributed by atoms with Crippen molar-refractivity contribution in [1.82, 2.24) is 10.2 Å². The monoisotopic (exact) mass is 312 g/mol. The van der Waals surface area contributed by atoms with Crippen molar-refractivity contribution in [3.05, 3.63) is 47.2 Å². The predicted molar refractivity (Wildman–Crippen MR) is 89.8 cm³/mol. The summed E-state index contributed by atoms with van der Waals surface area (Å²) in [6.45, 7) is 4.72. The molecule has 1 aliphatic heterocycles. The summed E-state index contributed by atoms with van der Waals surface area (Å²) in [5, 5.41) is 12.3. The van der Waals surface area contributed by atoms with E-state index in [4.69, 9.17) is 5.73 Å². The van der Waals surface area contributed by atoms with Gasteiger partial charge in [-0.15, -0.1) is 0 Å². The summed E-state index contributed by atoms with van der Waals surface area (Å²) in [7, 11) is 0. The Morgan fingerprint density at radius 1 is 1.43 bits per heavy atom. The first-order chi connectivity index (χ1) is 11.1. The molecule has 1 fully saturated rings. The number of carbonyl (C=O) groups is 1. The molecule has 0 saturated carbocycles. The van der Waals surface area contributed by atoms with E-state index in [0.717, 1.165) is 37.1 Å². The van der Waals surface area contributed by atoms with Crippen LogP contribution < -0.4 is 11.1 Å². The highest BCUT2D eigenvalue weighted by Gasteiger charge is 2.22. The van der Waals surface area contributed by atoms with Gasteiger partial charge in [-0.1, -0.05) is 31.2 Å². The maximum atomic E-state index is 12.4. The summed E-state index contributed by atoms with van der Waals surface area (Å²) in [5.41, 5.74) is 7.92. The van der Waals surface area contributed by atoms with E-state index in [2.05, 4.69) is 12.2 Å². The van der Waals surface area contributed by atoms with E-state index in [9.17, 15) is 10.1 Å². The number of carbonyl (C=O) groups excluding carboxylic acids is 1. The van der Waals surface area contributed by atoms with Crippen LogP contribution in [0.3, 0.4) is 0 Å². The number of piperidine rings is 1. The molecule has 5 heteroatoms. The molecule has 2 rings (SSSR count). The highest BCUT2D eigenvalue weighted by Crippen LogP contribution is 2.17. The Kier molecular flexibility index (Phi) is 6.19. The Morgan fingerprint density at radius 3 is 2.78 bits per heavy atom. The van der Waals surface area contributed by atoms with Crippen LogP contribution in [0.25, 0.3) is 0 Å². The number of rotatable bonds is 5. The quantitative estimate of drug-likeness (QED) is 0.642. The minimum Gasteiger partial charge on any atom is -0.386 e. The third-order valence-electron chi connectivity index (χ3n) is 4.20. The molecule has 1 saturated heterocycles. The lowest BCUT2D eigenvalue weighted by Gasteiger charge is -2.30. The minimum atomic E-state index is -0.178. The molecule has 0 bridgehead atoms. The molecule has 1 aromatic carbocycles. The number of amides is 1. The van der Waals surface area contributed by atoms with Crippen LogP contribution in [-0.2, 0) is 17.9 Å². The number of nitrogens with one attached hydrogen (secondary N) is 1. The van der Waals surface area contributed by atoms with Crippen molar-refractivity contribution >= 4 is 5.91 Å². The first kappa shape index (κ1) is 17.0. The van der Waals surface area contributed by atoms with Crippen molar-refractivity contribution in [2.24, 2.45) is 11.7 Å². The summed E-state index contributed by atoms with van der Waals surface area (Å²) in [4.78, 5) is 14.1. The van der Waals surface area contributed by atoms with E-state index in [-0.39, 0.29) is 11.5 Å². The number of nitrogens with two attached hydrogens (primary N) is 1. The van der Waals surface area contributed by atoms with Gasteiger partial charge in [-0.2, -0.15) is 5.26 Å². The molecule has 1 aliphatic rings. The van der Waals surface area contributed by atoms with Gasteiger partial charge < -0.3 is 16.0 Å². The van der Waals surface area contributed by atoms with Crippen LogP contribution in [0.5, 0.6) is 0 Å². The first-order valence-electron chi connectivity index (χ1n) is 8.05. The van der Waals surface area contributed by atoms with Gasteiger partial charge in [0.25, 0.3) is 5.91 Å². The Morgan fingerprint density at radius 2 is 2.13 bits per heavy atom. The van der Waals surface area contributed by atoms with Crippen LogP contribution in [-0.4, -0.2) is 23.9 Å². The van der Waals surface area contributed by atoms with E-state index in [1.54, 1.807) is 4.90 Å². The van der Waals surface area contributed by atoms with E-state index in [0.29, 0.717) is 19.0 Å². The molecular formula is C18H24N4O. The SMILES string of the molecule is CC1CCN(C(=O)/C(C#N)=C\NCc2cccc(CN)c2)CC1. The van der Waals surface area contributed by atoms with E-state index < -0.39 is 0 Å². The Hall–Kier alpha value is -2.32. The summed E-state index contributed by atoms with van der Waals surface area (Å²) >= 11 is 0. The third kappa shape index (κ3) is 4.83. The molecule has 23 heavy (non-hydrogen) atoms. The Labute approximate surface area is 137 Å². The van der Waals surface area contributed by atoms with Crippen molar-refractivity contribution in [1.29, 1.82) is 5.26 Å². The second kappa shape index (κ2) is 8.35. The molecule has 0 aliphatic carbocycles. The van der Waals surface area contributed by atoms with Crippen LogP contribution >= 0.6 is 0 Å². The Bertz CT molecular complexity index is 610. The fraction of sp³-hybridized carbons (Fsp3) is 0.444. The van der Waals surface area contributed by atoms with E-state index in [1.165, 1.54) is 6.20 Å². The molecular weight excluding hydrogens is 288 g/mol. The van der Waals surface area contributed by atoms with Crippen molar-refractivity contribution in [2.75, 3.05) is 13.1 Å². The summed E-state index contributed by atoms with van der Waals surface area (Å²) in [6, 6.07) is 9.93. The summed E-state index contributed by atoms with van der Waals surface area (Å²) in [6.07, 6.45) is 3.53. The van der Waals surface area contributed by atoms with Gasteiger partial charge in [0.1, 0.15) is 11.6 Å². The van der Waals surface area contributed by atoms with E-state index >= 15 is 0 Å². The lowest BCUT2D eigenvalue weighted by molar-refractivity contribution is -0.128. The average molecular weight is 312 g/mol.